The lowest BCUT2D eigenvalue weighted by Gasteiger charge is -2.19. The molecule has 8 nitrogen and oxygen atoms in total. The molecule has 0 fully saturated rings. The number of fused-ring (bicyclic) bond motifs is 2. The zero-order valence-electron chi connectivity index (χ0n) is 15.2. The van der Waals surface area contributed by atoms with Crippen LogP contribution in [0.15, 0.2) is 36.4 Å². The number of rotatable bonds is 5. The number of esters is 1. The maximum atomic E-state index is 12.3. The van der Waals surface area contributed by atoms with Crippen LogP contribution < -0.4 is 24.3 Å². The first-order chi connectivity index (χ1) is 13.6. The van der Waals surface area contributed by atoms with Crippen LogP contribution in [0.3, 0.4) is 0 Å². The van der Waals surface area contributed by atoms with Gasteiger partial charge >= 0.3 is 5.97 Å². The highest BCUT2D eigenvalue weighted by atomic mass is 16.7. The summed E-state index contributed by atoms with van der Waals surface area (Å²) < 4.78 is 26.7. The van der Waals surface area contributed by atoms with Crippen molar-refractivity contribution in [3.05, 3.63) is 42.0 Å². The van der Waals surface area contributed by atoms with Gasteiger partial charge in [0.2, 0.25) is 6.79 Å². The van der Waals surface area contributed by atoms with Crippen LogP contribution in [-0.4, -0.2) is 38.0 Å². The fraction of sp³-hybridized carbons (Fsp3) is 0.300. The minimum Gasteiger partial charge on any atom is -0.486 e. The van der Waals surface area contributed by atoms with E-state index in [-0.39, 0.29) is 13.2 Å². The van der Waals surface area contributed by atoms with Crippen molar-refractivity contribution in [3.63, 3.8) is 0 Å². The van der Waals surface area contributed by atoms with E-state index in [0.29, 0.717) is 41.9 Å². The molecule has 1 amide bonds. The van der Waals surface area contributed by atoms with Crippen molar-refractivity contribution in [2.45, 2.75) is 19.4 Å². The Labute approximate surface area is 161 Å². The van der Waals surface area contributed by atoms with Crippen LogP contribution in [0.2, 0.25) is 0 Å². The highest BCUT2D eigenvalue weighted by Gasteiger charge is 2.21. The first kappa shape index (κ1) is 18.0. The smallest absolute Gasteiger partial charge is 0.311 e. The third-order valence-corrected chi connectivity index (χ3v) is 4.27. The van der Waals surface area contributed by atoms with Gasteiger partial charge in [-0.1, -0.05) is 6.07 Å². The van der Waals surface area contributed by atoms with Crippen LogP contribution in [0, 0.1) is 0 Å². The lowest BCUT2D eigenvalue weighted by atomic mass is 10.1. The van der Waals surface area contributed by atoms with Crippen molar-refractivity contribution in [2.24, 2.45) is 0 Å². The Bertz CT molecular complexity index is 911. The van der Waals surface area contributed by atoms with Crippen LogP contribution in [0.5, 0.6) is 23.0 Å². The quantitative estimate of drug-likeness (QED) is 0.790. The number of nitrogens with one attached hydrogen (secondary N) is 1. The molecule has 0 aliphatic carbocycles. The molecule has 4 rings (SSSR count). The molecular weight excluding hydrogens is 366 g/mol. The zero-order chi connectivity index (χ0) is 19.5. The number of benzene rings is 2. The van der Waals surface area contributed by atoms with Gasteiger partial charge < -0.3 is 29.0 Å². The van der Waals surface area contributed by atoms with E-state index < -0.39 is 18.0 Å². The standard InChI is InChI=1S/C20H19NO7/c1-12(20(23)21-14-3-5-16-18(10-14)27-11-26-16)28-19(22)9-13-2-4-15-17(8-13)25-7-6-24-15/h2-5,8,10,12H,6-7,9,11H2,1H3,(H,21,23)/t12-/m1/s1. The van der Waals surface area contributed by atoms with Crippen molar-refractivity contribution < 1.29 is 33.3 Å². The summed E-state index contributed by atoms with van der Waals surface area (Å²) in [6, 6.07) is 10.3. The molecule has 28 heavy (non-hydrogen) atoms. The molecule has 0 aromatic heterocycles. The summed E-state index contributed by atoms with van der Waals surface area (Å²) >= 11 is 0. The maximum absolute atomic E-state index is 12.3. The number of ether oxygens (including phenoxy) is 5. The van der Waals surface area contributed by atoms with Crippen LogP contribution >= 0.6 is 0 Å². The van der Waals surface area contributed by atoms with Crippen molar-refractivity contribution in [1.29, 1.82) is 0 Å². The summed E-state index contributed by atoms with van der Waals surface area (Å²) in [4.78, 5) is 24.5. The zero-order valence-corrected chi connectivity index (χ0v) is 15.2. The summed E-state index contributed by atoms with van der Waals surface area (Å²) in [5.74, 6) is 1.49. The van der Waals surface area contributed by atoms with Crippen molar-refractivity contribution in [2.75, 3.05) is 25.3 Å². The second-order valence-corrected chi connectivity index (χ2v) is 6.34. The Balaban J connectivity index is 1.32. The van der Waals surface area contributed by atoms with E-state index in [0.717, 1.165) is 5.56 Å². The predicted octanol–water partition coefficient (Wildman–Crippen LogP) is 2.30. The predicted molar refractivity (Wildman–Crippen MR) is 97.9 cm³/mol. The third kappa shape index (κ3) is 3.95. The molecule has 0 radical (unpaired) electrons. The van der Waals surface area contributed by atoms with Gasteiger partial charge in [-0.05, 0) is 36.8 Å². The average Bonchev–Trinajstić information content (AvgIpc) is 3.15. The molecule has 2 aliphatic rings. The number of hydrogen-bond acceptors (Lipinski definition) is 7. The molecule has 2 aromatic rings. The van der Waals surface area contributed by atoms with E-state index in [4.69, 9.17) is 23.7 Å². The largest absolute Gasteiger partial charge is 0.486 e. The highest BCUT2D eigenvalue weighted by Crippen LogP contribution is 2.34. The van der Waals surface area contributed by atoms with E-state index in [2.05, 4.69) is 5.32 Å². The van der Waals surface area contributed by atoms with Crippen molar-refractivity contribution in [1.82, 2.24) is 0 Å². The Hall–Kier alpha value is -3.42. The molecule has 2 heterocycles. The molecule has 0 saturated heterocycles. The van der Waals surface area contributed by atoms with Gasteiger partial charge in [0.25, 0.3) is 5.91 Å². The van der Waals surface area contributed by atoms with Crippen LogP contribution in [0.25, 0.3) is 0 Å². The molecule has 146 valence electrons. The molecule has 0 bridgehead atoms. The van der Waals surface area contributed by atoms with Gasteiger partial charge in [-0.3, -0.25) is 9.59 Å². The molecule has 1 N–H and O–H groups in total. The molecule has 2 aromatic carbocycles. The number of anilines is 1. The second kappa shape index (κ2) is 7.67. The number of carbonyl (C=O) groups is 2. The van der Waals surface area contributed by atoms with E-state index in [1.165, 1.54) is 6.92 Å². The fourth-order valence-electron chi connectivity index (χ4n) is 2.87. The Kier molecular flexibility index (Phi) is 4.92. The van der Waals surface area contributed by atoms with Gasteiger partial charge in [-0.15, -0.1) is 0 Å². The normalized spacial score (nSPS) is 14.9. The van der Waals surface area contributed by atoms with Crippen LogP contribution in [-0.2, 0) is 20.7 Å². The third-order valence-electron chi connectivity index (χ3n) is 4.27. The summed E-state index contributed by atoms with van der Waals surface area (Å²) in [5.41, 5.74) is 1.25. The first-order valence-corrected chi connectivity index (χ1v) is 8.87. The first-order valence-electron chi connectivity index (χ1n) is 8.87. The van der Waals surface area contributed by atoms with Gasteiger partial charge in [-0.25, -0.2) is 0 Å². The summed E-state index contributed by atoms with van der Waals surface area (Å²) in [5, 5.41) is 2.69. The number of hydrogen-bond donors (Lipinski definition) is 1. The highest BCUT2D eigenvalue weighted by molar-refractivity contribution is 5.95. The van der Waals surface area contributed by atoms with E-state index in [9.17, 15) is 9.59 Å². The number of carbonyl (C=O) groups excluding carboxylic acids is 2. The van der Waals surface area contributed by atoms with Crippen molar-refractivity contribution >= 4 is 17.6 Å². The number of amides is 1. The molecule has 8 heteroatoms. The monoisotopic (exact) mass is 385 g/mol. The van der Waals surface area contributed by atoms with Crippen LogP contribution in [0.1, 0.15) is 12.5 Å². The average molecular weight is 385 g/mol. The summed E-state index contributed by atoms with van der Waals surface area (Å²) in [6.45, 7) is 2.65. The molecular formula is C20H19NO7. The summed E-state index contributed by atoms with van der Waals surface area (Å²) in [7, 11) is 0. The van der Waals surface area contributed by atoms with Gasteiger partial charge in [0.1, 0.15) is 13.2 Å². The van der Waals surface area contributed by atoms with Gasteiger partial charge in [-0.2, -0.15) is 0 Å². The second-order valence-electron chi connectivity index (χ2n) is 6.34. The van der Waals surface area contributed by atoms with Gasteiger partial charge in [0, 0.05) is 11.8 Å². The maximum Gasteiger partial charge on any atom is 0.311 e. The van der Waals surface area contributed by atoms with Crippen molar-refractivity contribution in [3.8, 4) is 23.0 Å². The molecule has 0 spiro atoms. The van der Waals surface area contributed by atoms with Crippen LogP contribution in [0.4, 0.5) is 5.69 Å². The molecule has 0 unspecified atom stereocenters. The summed E-state index contributed by atoms with van der Waals surface area (Å²) in [6.07, 6.45) is -0.923. The van der Waals surface area contributed by atoms with E-state index >= 15 is 0 Å². The lowest BCUT2D eigenvalue weighted by molar-refractivity contribution is -0.152. The molecule has 0 saturated carbocycles. The minimum atomic E-state index is -0.949. The van der Waals surface area contributed by atoms with Gasteiger partial charge in [0.05, 0.1) is 6.42 Å². The topological polar surface area (TPSA) is 92.3 Å². The SMILES string of the molecule is C[C@@H](OC(=O)Cc1ccc2c(c1)OCCO2)C(=O)Nc1ccc2c(c1)OCO2. The Morgan fingerprint density at radius 2 is 1.64 bits per heavy atom. The Morgan fingerprint density at radius 1 is 0.964 bits per heavy atom. The van der Waals surface area contributed by atoms with Gasteiger partial charge in [0.15, 0.2) is 29.1 Å². The molecule has 1 atom stereocenters. The van der Waals surface area contributed by atoms with E-state index in [1.54, 1.807) is 36.4 Å². The molecule has 2 aliphatic heterocycles. The van der Waals surface area contributed by atoms with E-state index in [1.807, 2.05) is 0 Å². The fourth-order valence-corrected chi connectivity index (χ4v) is 2.87. The Morgan fingerprint density at radius 3 is 2.50 bits per heavy atom. The minimum absolute atomic E-state index is 0.0261. The lowest BCUT2D eigenvalue weighted by Crippen LogP contribution is -2.30.